The van der Waals surface area contributed by atoms with Crippen LogP contribution in [0.3, 0.4) is 0 Å². The largest absolute Gasteiger partial charge is 0.459 e. The maximum atomic E-state index is 13.3. The molecule has 0 radical (unpaired) electrons. The molecule has 3 atom stereocenters. The number of carbonyl (C=O) groups excluding carboxylic acids is 2. The molecule has 1 amide bonds. The second kappa shape index (κ2) is 12.9. The van der Waals surface area contributed by atoms with Gasteiger partial charge >= 0.3 is 5.97 Å². The van der Waals surface area contributed by atoms with Crippen LogP contribution in [-0.4, -0.2) is 23.7 Å². The van der Waals surface area contributed by atoms with Crippen LogP contribution in [0.2, 0.25) is 0 Å². The highest BCUT2D eigenvalue weighted by molar-refractivity contribution is 7.98. The van der Waals surface area contributed by atoms with E-state index in [4.69, 9.17) is 4.74 Å². The molecule has 0 bridgehead atoms. The summed E-state index contributed by atoms with van der Waals surface area (Å²) in [4.78, 5) is 25.7. The van der Waals surface area contributed by atoms with E-state index in [1.807, 2.05) is 78.9 Å². The Bertz CT molecular complexity index is 995. The predicted molar refractivity (Wildman–Crippen MR) is 135 cm³/mol. The topological polar surface area (TPSA) is 55.4 Å². The number of benzene rings is 3. The lowest BCUT2D eigenvalue weighted by molar-refractivity contribution is -0.149. The van der Waals surface area contributed by atoms with E-state index in [2.05, 4.69) is 24.4 Å². The molecule has 3 aromatic rings. The lowest BCUT2D eigenvalue weighted by Gasteiger charge is -2.25. The fourth-order valence-corrected chi connectivity index (χ4v) is 4.79. The molecule has 33 heavy (non-hydrogen) atoms. The van der Waals surface area contributed by atoms with Crippen molar-refractivity contribution in [2.75, 3.05) is 5.75 Å². The van der Waals surface area contributed by atoms with Gasteiger partial charge in [0.2, 0.25) is 5.91 Å². The number of esters is 1. The van der Waals surface area contributed by atoms with Crippen molar-refractivity contribution in [3.63, 3.8) is 0 Å². The molecule has 0 aliphatic heterocycles. The van der Waals surface area contributed by atoms with Gasteiger partial charge in [0.25, 0.3) is 0 Å². The Hall–Kier alpha value is -3.05. The Kier molecular flexibility index (Phi) is 9.58. The minimum atomic E-state index is -0.717. The van der Waals surface area contributed by atoms with E-state index < -0.39 is 12.0 Å². The Balaban J connectivity index is 1.61. The number of amides is 1. The molecule has 0 saturated carbocycles. The van der Waals surface area contributed by atoms with Gasteiger partial charge in [-0.05, 0) is 29.5 Å². The molecule has 172 valence electrons. The first-order valence-corrected chi connectivity index (χ1v) is 12.4. The Morgan fingerprint density at radius 2 is 1.36 bits per heavy atom. The van der Waals surface area contributed by atoms with E-state index in [9.17, 15) is 9.59 Å². The maximum Gasteiger partial charge on any atom is 0.328 e. The van der Waals surface area contributed by atoms with Crippen molar-refractivity contribution >= 4 is 23.6 Å². The van der Waals surface area contributed by atoms with E-state index in [1.54, 1.807) is 18.7 Å². The van der Waals surface area contributed by atoms with Gasteiger partial charge in [-0.1, -0.05) is 97.9 Å². The SMILES string of the molecule is C[C@H](NC(=O)[C@@H](CSCc1ccccc1)[C@H](C)c1ccccc1)C(=O)OCc1ccccc1. The summed E-state index contributed by atoms with van der Waals surface area (Å²) >= 11 is 1.73. The maximum absolute atomic E-state index is 13.3. The monoisotopic (exact) mass is 461 g/mol. The van der Waals surface area contributed by atoms with E-state index in [0.717, 1.165) is 16.9 Å². The van der Waals surface area contributed by atoms with Gasteiger partial charge in [-0.3, -0.25) is 4.79 Å². The number of thioether (sulfide) groups is 1. The van der Waals surface area contributed by atoms with Gasteiger partial charge in [-0.25, -0.2) is 4.79 Å². The Morgan fingerprint density at radius 3 is 1.97 bits per heavy atom. The first kappa shape index (κ1) is 24.6. The summed E-state index contributed by atoms with van der Waals surface area (Å²) in [5.74, 6) is 0.669. The summed E-state index contributed by atoms with van der Waals surface area (Å²) in [5.41, 5.74) is 3.25. The average molecular weight is 462 g/mol. The predicted octanol–water partition coefficient (Wildman–Crippen LogP) is 5.59. The van der Waals surface area contributed by atoms with Crippen molar-refractivity contribution in [3.8, 4) is 0 Å². The van der Waals surface area contributed by atoms with Gasteiger partial charge in [0.15, 0.2) is 0 Å². The van der Waals surface area contributed by atoms with E-state index >= 15 is 0 Å². The van der Waals surface area contributed by atoms with E-state index in [0.29, 0.717) is 5.75 Å². The summed E-state index contributed by atoms with van der Waals surface area (Å²) < 4.78 is 5.40. The minimum absolute atomic E-state index is 0.0158. The molecule has 0 spiro atoms. The van der Waals surface area contributed by atoms with Crippen molar-refractivity contribution < 1.29 is 14.3 Å². The highest BCUT2D eigenvalue weighted by atomic mass is 32.2. The average Bonchev–Trinajstić information content (AvgIpc) is 2.86. The number of carbonyl (C=O) groups is 2. The molecule has 0 saturated heterocycles. The molecule has 3 aromatic carbocycles. The van der Waals surface area contributed by atoms with Crippen LogP contribution in [0, 0.1) is 5.92 Å². The zero-order chi connectivity index (χ0) is 23.5. The molecule has 5 heteroatoms. The van der Waals surface area contributed by atoms with Crippen LogP contribution in [0.15, 0.2) is 91.0 Å². The standard InChI is InChI=1S/C28H31NO3S/c1-21(25-16-10-5-11-17-25)26(20-33-19-24-14-8-4-9-15-24)27(30)29-22(2)28(31)32-18-23-12-6-3-7-13-23/h3-17,21-22,26H,18-20H2,1-2H3,(H,29,30)/t21-,22+,26+/m1/s1. The van der Waals surface area contributed by atoms with Crippen molar-refractivity contribution in [3.05, 3.63) is 108 Å². The quantitative estimate of drug-likeness (QED) is 0.378. The fraction of sp³-hybridized carbons (Fsp3) is 0.286. The van der Waals surface area contributed by atoms with Gasteiger partial charge in [-0.15, -0.1) is 0 Å². The Morgan fingerprint density at radius 1 is 0.818 bits per heavy atom. The summed E-state index contributed by atoms with van der Waals surface area (Å²) in [6, 6.07) is 29.1. The summed E-state index contributed by atoms with van der Waals surface area (Å²) in [6.45, 7) is 3.93. The number of rotatable bonds is 11. The lowest BCUT2D eigenvalue weighted by atomic mass is 9.88. The normalized spacial score (nSPS) is 13.5. The number of hydrogen-bond acceptors (Lipinski definition) is 4. The van der Waals surface area contributed by atoms with Crippen molar-refractivity contribution in [2.45, 2.75) is 38.2 Å². The van der Waals surface area contributed by atoms with Gasteiger partial charge in [0.05, 0.1) is 5.92 Å². The van der Waals surface area contributed by atoms with Crippen LogP contribution < -0.4 is 5.32 Å². The van der Waals surface area contributed by atoms with Crippen LogP contribution in [0.25, 0.3) is 0 Å². The highest BCUT2D eigenvalue weighted by Gasteiger charge is 2.29. The molecular formula is C28H31NO3S. The van der Waals surface area contributed by atoms with E-state index in [-0.39, 0.29) is 24.3 Å². The molecule has 0 aliphatic carbocycles. The fourth-order valence-electron chi connectivity index (χ4n) is 3.55. The third-order valence-corrected chi connectivity index (χ3v) is 6.74. The van der Waals surface area contributed by atoms with Gasteiger partial charge in [-0.2, -0.15) is 11.8 Å². The first-order chi connectivity index (χ1) is 16.0. The van der Waals surface area contributed by atoms with Gasteiger partial charge in [0.1, 0.15) is 12.6 Å². The van der Waals surface area contributed by atoms with Crippen LogP contribution in [0.1, 0.15) is 36.5 Å². The smallest absolute Gasteiger partial charge is 0.328 e. The first-order valence-electron chi connectivity index (χ1n) is 11.2. The molecule has 4 nitrogen and oxygen atoms in total. The molecular weight excluding hydrogens is 430 g/mol. The molecule has 0 aliphatic rings. The van der Waals surface area contributed by atoms with Crippen molar-refractivity contribution in [1.29, 1.82) is 0 Å². The van der Waals surface area contributed by atoms with Gasteiger partial charge in [0, 0.05) is 11.5 Å². The number of ether oxygens (including phenoxy) is 1. The van der Waals surface area contributed by atoms with Crippen LogP contribution in [0.4, 0.5) is 0 Å². The molecule has 0 aromatic heterocycles. The van der Waals surface area contributed by atoms with Crippen molar-refractivity contribution in [2.24, 2.45) is 5.92 Å². The molecule has 0 heterocycles. The van der Waals surface area contributed by atoms with Crippen LogP contribution in [0.5, 0.6) is 0 Å². The number of hydrogen-bond donors (Lipinski definition) is 1. The summed E-state index contributed by atoms with van der Waals surface area (Å²) in [5, 5.41) is 2.89. The van der Waals surface area contributed by atoms with Gasteiger partial charge < -0.3 is 10.1 Å². The molecule has 1 N–H and O–H groups in total. The minimum Gasteiger partial charge on any atom is -0.459 e. The van der Waals surface area contributed by atoms with Crippen molar-refractivity contribution in [1.82, 2.24) is 5.32 Å². The zero-order valence-electron chi connectivity index (χ0n) is 19.1. The zero-order valence-corrected chi connectivity index (χ0v) is 20.0. The number of nitrogens with one attached hydrogen (secondary N) is 1. The molecule has 3 rings (SSSR count). The molecule has 0 unspecified atom stereocenters. The highest BCUT2D eigenvalue weighted by Crippen LogP contribution is 2.29. The third kappa shape index (κ3) is 7.79. The van der Waals surface area contributed by atoms with Crippen LogP contribution in [-0.2, 0) is 26.7 Å². The lowest BCUT2D eigenvalue weighted by Crippen LogP contribution is -2.44. The van der Waals surface area contributed by atoms with E-state index in [1.165, 1.54) is 5.56 Å². The summed E-state index contributed by atoms with van der Waals surface area (Å²) in [7, 11) is 0. The second-order valence-corrected chi connectivity index (χ2v) is 9.16. The summed E-state index contributed by atoms with van der Waals surface area (Å²) in [6.07, 6.45) is 0. The Labute approximate surface area is 200 Å². The van der Waals surface area contributed by atoms with Crippen LogP contribution >= 0.6 is 11.8 Å². The third-order valence-electron chi connectivity index (χ3n) is 5.61. The molecule has 0 fully saturated rings. The second-order valence-electron chi connectivity index (χ2n) is 8.13.